The van der Waals surface area contributed by atoms with E-state index in [-0.39, 0.29) is 16.9 Å². The Labute approximate surface area is 137 Å². The van der Waals surface area contributed by atoms with Crippen molar-refractivity contribution in [2.45, 2.75) is 31.0 Å². The third-order valence-corrected chi connectivity index (χ3v) is 4.16. The highest BCUT2D eigenvalue weighted by molar-refractivity contribution is 5.48. The van der Waals surface area contributed by atoms with Crippen LogP contribution in [0.25, 0.3) is 5.69 Å². The van der Waals surface area contributed by atoms with Gasteiger partial charge in [-0.05, 0) is 24.6 Å². The first-order valence-electron chi connectivity index (χ1n) is 7.13. The lowest BCUT2D eigenvalue weighted by Crippen LogP contribution is -2.33. The predicted molar refractivity (Wildman–Crippen MR) is 73.7 cm³/mol. The molecule has 0 spiro atoms. The van der Waals surface area contributed by atoms with Gasteiger partial charge in [-0.25, -0.2) is 13.2 Å². The molecule has 1 heterocycles. The zero-order valence-electron chi connectivity index (χ0n) is 12.4. The lowest BCUT2D eigenvalue weighted by molar-refractivity contribution is -0.147. The van der Waals surface area contributed by atoms with Crippen LogP contribution in [0.3, 0.4) is 0 Å². The van der Waals surface area contributed by atoms with Gasteiger partial charge in [-0.3, -0.25) is 0 Å². The Hall–Kier alpha value is -2.47. The van der Waals surface area contributed by atoms with Crippen molar-refractivity contribution in [1.29, 1.82) is 5.26 Å². The number of hydrogen-bond donors (Lipinski definition) is 1. The van der Waals surface area contributed by atoms with E-state index >= 15 is 0 Å². The molecule has 0 saturated carbocycles. The molecule has 0 fully saturated rings. The van der Waals surface area contributed by atoms with Crippen LogP contribution < -0.4 is 0 Å². The van der Waals surface area contributed by atoms with Gasteiger partial charge in [0.25, 0.3) is 5.92 Å². The molecular weight excluding hydrogens is 350 g/mol. The molecule has 0 unspecified atom stereocenters. The molecular formula is C16H10F6N2O. The molecule has 3 rings (SSSR count). The van der Waals surface area contributed by atoms with Crippen molar-refractivity contribution in [2.24, 2.45) is 0 Å². The molecule has 0 aliphatic heterocycles. The molecule has 0 bridgehead atoms. The third-order valence-electron chi connectivity index (χ3n) is 4.16. The van der Waals surface area contributed by atoms with Crippen molar-refractivity contribution in [3.8, 4) is 11.8 Å². The summed E-state index contributed by atoms with van der Waals surface area (Å²) in [5, 5.41) is 18.5. The number of halogens is 6. The van der Waals surface area contributed by atoms with Crippen molar-refractivity contribution in [3.63, 3.8) is 0 Å². The van der Waals surface area contributed by atoms with E-state index in [1.54, 1.807) is 6.07 Å². The topological polar surface area (TPSA) is 49.0 Å². The molecule has 1 N–H and O–H groups in total. The van der Waals surface area contributed by atoms with Crippen molar-refractivity contribution in [3.05, 3.63) is 52.6 Å². The van der Waals surface area contributed by atoms with E-state index in [1.807, 2.05) is 0 Å². The molecule has 0 saturated heterocycles. The van der Waals surface area contributed by atoms with Crippen LogP contribution in [-0.4, -0.2) is 15.6 Å². The Bertz CT molecular complexity index is 878. The van der Waals surface area contributed by atoms with E-state index in [2.05, 4.69) is 0 Å². The lowest BCUT2D eigenvalue weighted by atomic mass is 9.89. The molecule has 0 radical (unpaired) electrons. The molecule has 9 heteroatoms. The molecule has 3 nitrogen and oxygen atoms in total. The molecule has 1 aromatic carbocycles. The molecule has 132 valence electrons. The maximum absolute atomic E-state index is 14.2. The van der Waals surface area contributed by atoms with Gasteiger partial charge in [-0.15, -0.1) is 0 Å². The van der Waals surface area contributed by atoms with Gasteiger partial charge in [0.2, 0.25) is 0 Å². The number of aromatic nitrogens is 1. The van der Waals surface area contributed by atoms with Crippen LogP contribution in [0.5, 0.6) is 0 Å². The molecule has 0 amide bonds. The van der Waals surface area contributed by atoms with Crippen LogP contribution >= 0.6 is 0 Å². The Kier molecular flexibility index (Phi) is 3.84. The average molecular weight is 360 g/mol. The first kappa shape index (κ1) is 17.4. The molecule has 1 aromatic heterocycles. The van der Waals surface area contributed by atoms with Crippen molar-refractivity contribution < 1.29 is 31.4 Å². The minimum atomic E-state index is -4.99. The standard InChI is InChI=1S/C16H10F6N2O/c17-10-5-8(6-23)1-2-11(10)24-7-9(16(20,21)22)13-12(24)3-4-15(18,19)14(13)25/h1-2,5,7,14,25H,3-4H2/t14-/m0/s1. The number of alkyl halides is 5. The number of aliphatic hydroxyl groups is 1. The van der Waals surface area contributed by atoms with Crippen molar-refractivity contribution >= 4 is 0 Å². The summed E-state index contributed by atoms with van der Waals surface area (Å²) in [4.78, 5) is 0. The smallest absolute Gasteiger partial charge is 0.382 e. The Morgan fingerprint density at radius 3 is 2.52 bits per heavy atom. The fourth-order valence-corrected chi connectivity index (χ4v) is 2.97. The first-order valence-corrected chi connectivity index (χ1v) is 7.13. The minimum absolute atomic E-state index is 0.0371. The Morgan fingerprint density at radius 2 is 1.96 bits per heavy atom. The second-order valence-electron chi connectivity index (χ2n) is 5.71. The number of nitriles is 1. The van der Waals surface area contributed by atoms with Gasteiger partial charge in [-0.1, -0.05) is 0 Å². The molecule has 1 atom stereocenters. The lowest BCUT2D eigenvalue weighted by Gasteiger charge is -2.29. The summed E-state index contributed by atoms with van der Waals surface area (Å²) < 4.78 is 82.1. The van der Waals surface area contributed by atoms with E-state index in [1.165, 1.54) is 6.07 Å². The fourth-order valence-electron chi connectivity index (χ4n) is 2.97. The van der Waals surface area contributed by atoms with Gasteiger partial charge in [-0.2, -0.15) is 18.4 Å². The molecule has 1 aliphatic carbocycles. The van der Waals surface area contributed by atoms with Crippen molar-refractivity contribution in [2.75, 3.05) is 0 Å². The SMILES string of the molecule is N#Cc1ccc(-n2cc(C(F)(F)F)c3c2CCC(F)(F)[C@H]3O)c(F)c1. The van der Waals surface area contributed by atoms with Gasteiger partial charge in [0, 0.05) is 23.9 Å². The number of hydrogen-bond acceptors (Lipinski definition) is 2. The summed E-state index contributed by atoms with van der Waals surface area (Å²) in [6, 6.07) is 4.81. The number of rotatable bonds is 1. The zero-order valence-corrected chi connectivity index (χ0v) is 12.4. The normalized spacial score (nSPS) is 19.4. The second kappa shape index (κ2) is 5.52. The Morgan fingerprint density at radius 1 is 1.28 bits per heavy atom. The van der Waals surface area contributed by atoms with Gasteiger partial charge < -0.3 is 9.67 Å². The van der Waals surface area contributed by atoms with Crippen LogP contribution in [0.4, 0.5) is 26.3 Å². The molecule has 2 aromatic rings. The Balaban J connectivity index is 2.26. The van der Waals surface area contributed by atoms with E-state index < -0.39 is 48.0 Å². The van der Waals surface area contributed by atoms with Crippen molar-refractivity contribution in [1.82, 2.24) is 4.57 Å². The summed E-state index contributed by atoms with van der Waals surface area (Å²) in [5.74, 6) is -4.68. The quantitative estimate of drug-likeness (QED) is 0.778. The largest absolute Gasteiger partial charge is 0.418 e. The van der Waals surface area contributed by atoms with Crippen LogP contribution in [-0.2, 0) is 12.6 Å². The molecule has 1 aliphatic rings. The van der Waals surface area contributed by atoms with E-state index in [9.17, 15) is 31.4 Å². The summed E-state index contributed by atoms with van der Waals surface area (Å²) in [5.41, 5.74) is -2.95. The third kappa shape index (κ3) is 2.76. The number of nitrogens with zero attached hydrogens (tertiary/aromatic N) is 2. The predicted octanol–water partition coefficient (Wildman–Crippen LogP) is 4.12. The maximum Gasteiger partial charge on any atom is 0.418 e. The number of benzene rings is 1. The highest BCUT2D eigenvalue weighted by Gasteiger charge is 2.50. The maximum atomic E-state index is 14.2. The number of aliphatic hydroxyl groups excluding tert-OH is 1. The van der Waals surface area contributed by atoms with Gasteiger partial charge in [0.05, 0.1) is 22.9 Å². The van der Waals surface area contributed by atoms with Crippen LogP contribution in [0.15, 0.2) is 24.4 Å². The number of fused-ring (bicyclic) bond motifs is 1. The monoisotopic (exact) mass is 360 g/mol. The zero-order chi connectivity index (χ0) is 18.6. The highest BCUT2D eigenvalue weighted by atomic mass is 19.4. The average Bonchev–Trinajstić information content (AvgIpc) is 2.91. The van der Waals surface area contributed by atoms with Gasteiger partial charge in [0.1, 0.15) is 11.9 Å². The van der Waals surface area contributed by atoms with Crippen LogP contribution in [0.1, 0.15) is 34.9 Å². The summed E-state index contributed by atoms with van der Waals surface area (Å²) in [7, 11) is 0. The summed E-state index contributed by atoms with van der Waals surface area (Å²) >= 11 is 0. The van der Waals surface area contributed by atoms with E-state index in [0.717, 1.165) is 16.7 Å². The highest BCUT2D eigenvalue weighted by Crippen LogP contribution is 2.48. The fraction of sp³-hybridized carbons (Fsp3) is 0.312. The summed E-state index contributed by atoms with van der Waals surface area (Å²) in [6.45, 7) is 0. The van der Waals surface area contributed by atoms with Gasteiger partial charge in [0.15, 0.2) is 0 Å². The minimum Gasteiger partial charge on any atom is -0.382 e. The summed E-state index contributed by atoms with van der Waals surface area (Å²) in [6.07, 6.45) is -8.45. The molecule has 25 heavy (non-hydrogen) atoms. The first-order chi connectivity index (χ1) is 11.6. The van der Waals surface area contributed by atoms with E-state index in [4.69, 9.17) is 5.26 Å². The van der Waals surface area contributed by atoms with Gasteiger partial charge >= 0.3 is 6.18 Å². The van der Waals surface area contributed by atoms with E-state index in [0.29, 0.717) is 6.20 Å². The second-order valence-corrected chi connectivity index (χ2v) is 5.71. The van der Waals surface area contributed by atoms with Crippen LogP contribution in [0, 0.1) is 17.1 Å². The van der Waals surface area contributed by atoms with Crippen LogP contribution in [0.2, 0.25) is 0 Å².